The van der Waals surface area contributed by atoms with Crippen LogP contribution in [0.1, 0.15) is 60.1 Å². The number of aliphatic hydroxyl groups is 2. The van der Waals surface area contributed by atoms with Crippen molar-refractivity contribution in [1.29, 1.82) is 0 Å². The second-order valence-electron chi connectivity index (χ2n) is 14.8. The summed E-state index contributed by atoms with van der Waals surface area (Å²) < 4.78 is 18.6. The van der Waals surface area contributed by atoms with Crippen LogP contribution in [0.4, 0.5) is 0 Å². The Labute approximate surface area is 330 Å². The number of benzene rings is 3. The summed E-state index contributed by atoms with van der Waals surface area (Å²) in [6, 6.07) is 14.7. The molecule has 1 spiro atoms. The summed E-state index contributed by atoms with van der Waals surface area (Å²) in [5, 5.41) is 56.4. The maximum absolute atomic E-state index is 14.0. The molecule has 4 aliphatic rings. The van der Waals surface area contributed by atoms with Crippen molar-refractivity contribution < 1.29 is 68.5 Å². The molecule has 0 saturated carbocycles. The van der Waals surface area contributed by atoms with Crippen LogP contribution in [0.15, 0.2) is 84.6 Å². The maximum atomic E-state index is 14.0. The number of likely N-dealkylation sites (N-methyl/N-ethyl adjacent to an activating group) is 1. The number of carbonyl (C=O) groups excluding carboxylic acids is 4. The molecule has 3 aromatic rings. The van der Waals surface area contributed by atoms with Gasteiger partial charge in [-0.05, 0) is 55.3 Å². The average molecular weight is 800 g/mol. The standard InChI is InChI=1S/C41H41N3O14/c1-44-17-16-40-31-23-12-13-26(45)34(31)57-35(40)27(56-29(46)19-24(38(52)53)42-36(50)32(48)21-8-4-2-5-9-21)14-15-41(40,28(44)18-23)58-30(47)20-25(39(54)55)43-37(51)33(49)22-10-6-3-7-11-22/h2-14,24-25,28,32-33,35,45,48-49H,15-20H2,1H3,(H,42,50)(H,43,51)(H,52,53)(H,54,55)/t24-,25-,28+,32-,33+,35?,40?,41+/m0/s1. The zero-order valence-corrected chi connectivity index (χ0v) is 31.1. The molecular formula is C41H41N3O14. The highest BCUT2D eigenvalue weighted by molar-refractivity contribution is 5.90. The number of phenols is 1. The number of ether oxygens (including phenoxy) is 3. The van der Waals surface area contributed by atoms with Crippen LogP contribution in [-0.4, -0.2) is 110 Å². The highest BCUT2D eigenvalue weighted by atomic mass is 16.6. The van der Waals surface area contributed by atoms with Crippen LogP contribution in [0.5, 0.6) is 11.5 Å². The molecule has 2 bridgehead atoms. The van der Waals surface area contributed by atoms with E-state index in [2.05, 4.69) is 10.6 Å². The summed E-state index contributed by atoms with van der Waals surface area (Å²) in [7, 11) is 1.84. The first-order valence-electron chi connectivity index (χ1n) is 18.5. The number of aliphatic hydroxyl groups excluding tert-OH is 2. The van der Waals surface area contributed by atoms with Crippen LogP contribution >= 0.6 is 0 Å². The van der Waals surface area contributed by atoms with Crippen molar-refractivity contribution >= 4 is 35.7 Å². The number of hydrogen-bond donors (Lipinski definition) is 7. The van der Waals surface area contributed by atoms with Gasteiger partial charge in [-0.15, -0.1) is 0 Å². The molecule has 1 fully saturated rings. The van der Waals surface area contributed by atoms with E-state index in [0.717, 1.165) is 5.56 Å². The predicted octanol–water partition coefficient (Wildman–Crippen LogP) is 1.15. The fourth-order valence-corrected chi connectivity index (χ4v) is 8.83. The van der Waals surface area contributed by atoms with Gasteiger partial charge in [0.2, 0.25) is 0 Å². The first-order valence-corrected chi connectivity index (χ1v) is 18.5. The topological polar surface area (TPSA) is 259 Å². The zero-order chi connectivity index (χ0) is 41.5. The normalized spacial score (nSPS) is 24.6. The van der Waals surface area contributed by atoms with E-state index < -0.39 is 96.0 Å². The van der Waals surface area contributed by atoms with Crippen LogP contribution in [0.25, 0.3) is 0 Å². The van der Waals surface area contributed by atoms with Crippen LogP contribution in [-0.2, 0) is 50.1 Å². The first-order chi connectivity index (χ1) is 27.7. The molecule has 2 amide bonds. The molecule has 2 heterocycles. The quantitative estimate of drug-likeness (QED) is 0.113. The van der Waals surface area contributed by atoms with E-state index in [1.807, 2.05) is 11.9 Å². The Morgan fingerprint density at radius 1 is 0.828 bits per heavy atom. The zero-order valence-electron chi connectivity index (χ0n) is 31.1. The molecule has 58 heavy (non-hydrogen) atoms. The van der Waals surface area contributed by atoms with Crippen molar-refractivity contribution in [3.05, 3.63) is 107 Å². The molecule has 7 N–H and O–H groups in total. The van der Waals surface area contributed by atoms with Crippen LogP contribution < -0.4 is 15.4 Å². The highest BCUT2D eigenvalue weighted by Crippen LogP contribution is 2.66. The molecule has 304 valence electrons. The smallest absolute Gasteiger partial charge is 0.326 e. The summed E-state index contributed by atoms with van der Waals surface area (Å²) in [5.74, 6) is -7.50. The Bertz CT molecular complexity index is 2180. The minimum atomic E-state index is -1.79. The number of carboxylic acid groups (broad SMARTS) is 2. The third-order valence-electron chi connectivity index (χ3n) is 11.5. The Morgan fingerprint density at radius 2 is 1.38 bits per heavy atom. The van der Waals surface area contributed by atoms with E-state index in [1.165, 1.54) is 36.4 Å². The second kappa shape index (κ2) is 15.6. The minimum absolute atomic E-state index is 0.0613. The van der Waals surface area contributed by atoms with Gasteiger partial charge in [-0.2, -0.15) is 0 Å². The van der Waals surface area contributed by atoms with E-state index >= 15 is 0 Å². The second-order valence-corrected chi connectivity index (χ2v) is 14.8. The van der Waals surface area contributed by atoms with E-state index in [9.17, 15) is 54.3 Å². The third kappa shape index (κ3) is 6.90. The molecule has 1 saturated heterocycles. The van der Waals surface area contributed by atoms with Gasteiger partial charge in [0.25, 0.3) is 11.8 Å². The molecule has 2 aliphatic carbocycles. The lowest BCUT2D eigenvalue weighted by Crippen LogP contribution is -2.75. The number of piperidine rings is 1. The van der Waals surface area contributed by atoms with E-state index in [0.29, 0.717) is 18.5 Å². The Kier molecular flexibility index (Phi) is 10.7. The van der Waals surface area contributed by atoms with Crippen LogP contribution in [0.2, 0.25) is 0 Å². The van der Waals surface area contributed by atoms with Gasteiger partial charge in [0.1, 0.15) is 23.4 Å². The lowest BCUT2D eigenvalue weighted by molar-refractivity contribution is -0.207. The minimum Gasteiger partial charge on any atom is -0.504 e. The lowest BCUT2D eigenvalue weighted by Gasteiger charge is -2.62. The largest absolute Gasteiger partial charge is 0.504 e. The van der Waals surface area contributed by atoms with E-state index in [4.69, 9.17) is 14.2 Å². The summed E-state index contributed by atoms with van der Waals surface area (Å²) in [4.78, 5) is 79.7. The Balaban J connectivity index is 1.16. The van der Waals surface area contributed by atoms with Crippen molar-refractivity contribution in [2.24, 2.45) is 0 Å². The number of hydrogen-bond acceptors (Lipinski definition) is 13. The molecule has 7 rings (SSSR count). The molecular weight excluding hydrogens is 758 g/mol. The van der Waals surface area contributed by atoms with Gasteiger partial charge in [-0.25, -0.2) is 9.59 Å². The molecule has 17 heteroatoms. The van der Waals surface area contributed by atoms with Gasteiger partial charge in [-0.1, -0.05) is 66.7 Å². The number of carbonyl (C=O) groups is 6. The Hall–Kier alpha value is -6.30. The van der Waals surface area contributed by atoms with Gasteiger partial charge >= 0.3 is 23.9 Å². The van der Waals surface area contributed by atoms with Crippen LogP contribution in [0.3, 0.4) is 0 Å². The van der Waals surface area contributed by atoms with Crippen molar-refractivity contribution in [2.75, 3.05) is 13.6 Å². The molecule has 3 aromatic carbocycles. The van der Waals surface area contributed by atoms with Gasteiger partial charge in [0, 0.05) is 12.0 Å². The summed E-state index contributed by atoms with van der Waals surface area (Å²) in [6.45, 7) is 0.432. The SMILES string of the molecule is CN1CCC23c4c5ccc(O)c4OC2C(OC(=O)C[C@H](NC(=O)[C@@H](O)c2ccccc2)C(=O)O)=CC[C@@]3(OC(=O)C[C@H](NC(=O)[C@H](O)c2ccccc2)C(=O)O)[C@H]1C5. The molecule has 17 nitrogen and oxygen atoms in total. The van der Waals surface area contributed by atoms with Gasteiger partial charge < -0.3 is 50.4 Å². The van der Waals surface area contributed by atoms with Gasteiger partial charge in [-0.3, -0.25) is 24.1 Å². The number of esters is 2. The maximum Gasteiger partial charge on any atom is 0.326 e. The van der Waals surface area contributed by atoms with Crippen molar-refractivity contribution in [3.63, 3.8) is 0 Å². The molecule has 8 atom stereocenters. The highest BCUT2D eigenvalue weighted by Gasteiger charge is 2.74. The monoisotopic (exact) mass is 799 g/mol. The fourth-order valence-electron chi connectivity index (χ4n) is 8.83. The lowest BCUT2D eigenvalue weighted by atomic mass is 9.50. The van der Waals surface area contributed by atoms with Gasteiger partial charge in [0.15, 0.2) is 29.8 Å². The number of nitrogens with zero attached hydrogens (tertiary/aromatic N) is 1. The summed E-state index contributed by atoms with van der Waals surface area (Å²) >= 11 is 0. The molecule has 2 aliphatic heterocycles. The Morgan fingerprint density at radius 3 is 1.93 bits per heavy atom. The van der Waals surface area contributed by atoms with Crippen molar-refractivity contribution in [1.82, 2.24) is 15.5 Å². The first kappa shape index (κ1) is 39.9. The van der Waals surface area contributed by atoms with Crippen LogP contribution in [0, 0.1) is 0 Å². The number of aromatic hydroxyl groups is 1. The third-order valence-corrected chi connectivity index (χ3v) is 11.5. The number of likely N-dealkylation sites (tertiary alicyclic amines) is 1. The van der Waals surface area contributed by atoms with Crippen molar-refractivity contribution in [3.8, 4) is 11.5 Å². The molecule has 0 radical (unpaired) electrons. The number of rotatable bonds is 14. The predicted molar refractivity (Wildman–Crippen MR) is 198 cm³/mol. The number of amides is 2. The summed E-state index contributed by atoms with van der Waals surface area (Å²) in [6.07, 6.45) is -4.37. The average Bonchev–Trinajstić information content (AvgIpc) is 3.57. The number of nitrogens with one attached hydrogen (secondary N) is 2. The van der Waals surface area contributed by atoms with Gasteiger partial charge in [0.05, 0.1) is 24.3 Å². The number of phenolic OH excluding ortho intramolecular Hbond substituents is 1. The molecule has 0 aromatic heterocycles. The van der Waals surface area contributed by atoms with E-state index in [1.54, 1.807) is 42.5 Å². The number of aliphatic carboxylic acids is 2. The summed E-state index contributed by atoms with van der Waals surface area (Å²) in [5.41, 5.74) is -1.10. The fraction of sp³-hybridized carbons (Fsp3) is 0.366. The van der Waals surface area contributed by atoms with Crippen molar-refractivity contribution in [2.45, 2.75) is 79.6 Å². The van der Waals surface area contributed by atoms with E-state index in [-0.39, 0.29) is 41.2 Å². The number of carboxylic acids is 2. The molecule has 2 unspecified atom stereocenters.